The molecule has 0 aromatic heterocycles. The van der Waals surface area contributed by atoms with E-state index in [4.69, 9.17) is 5.73 Å². The molecular formula is C16H19FN2O. The van der Waals surface area contributed by atoms with Crippen LogP contribution >= 0.6 is 0 Å². The normalized spacial score (nSPS) is 14.1. The minimum atomic E-state index is -0.524. The van der Waals surface area contributed by atoms with Crippen molar-refractivity contribution in [1.82, 2.24) is 5.32 Å². The van der Waals surface area contributed by atoms with Gasteiger partial charge in [0.1, 0.15) is 5.82 Å². The Bertz CT molecular complexity index is 541. The van der Waals surface area contributed by atoms with Gasteiger partial charge in [0.25, 0.3) is 5.91 Å². The minimum absolute atomic E-state index is 0.0439. The summed E-state index contributed by atoms with van der Waals surface area (Å²) in [6.07, 6.45) is 4.75. The molecule has 2 rings (SSSR count). The lowest BCUT2D eigenvalue weighted by atomic mass is 9.83. The van der Waals surface area contributed by atoms with Crippen molar-refractivity contribution < 1.29 is 9.18 Å². The molecule has 1 fully saturated rings. The molecule has 3 nitrogen and oxygen atoms in total. The third-order valence-electron chi connectivity index (χ3n) is 3.61. The first-order valence-corrected chi connectivity index (χ1v) is 6.97. The van der Waals surface area contributed by atoms with Crippen LogP contribution in [0.25, 0.3) is 0 Å². The molecule has 0 aliphatic heterocycles. The molecule has 1 aromatic carbocycles. The van der Waals surface area contributed by atoms with Crippen LogP contribution in [0, 0.1) is 23.6 Å². The first kappa shape index (κ1) is 14.5. The van der Waals surface area contributed by atoms with Crippen molar-refractivity contribution in [2.24, 2.45) is 11.7 Å². The van der Waals surface area contributed by atoms with E-state index in [0.717, 1.165) is 12.3 Å². The van der Waals surface area contributed by atoms with E-state index >= 15 is 0 Å². The highest BCUT2D eigenvalue weighted by Gasteiger charge is 2.18. The number of nitrogens with one attached hydrogen (secondary N) is 1. The highest BCUT2D eigenvalue weighted by molar-refractivity contribution is 5.94. The predicted octanol–water partition coefficient (Wildman–Crippen LogP) is 2.06. The van der Waals surface area contributed by atoms with Gasteiger partial charge in [0, 0.05) is 12.1 Å². The van der Waals surface area contributed by atoms with E-state index in [1.807, 2.05) is 0 Å². The fourth-order valence-electron chi connectivity index (χ4n) is 2.20. The van der Waals surface area contributed by atoms with E-state index in [1.165, 1.54) is 31.4 Å². The summed E-state index contributed by atoms with van der Waals surface area (Å²) in [7, 11) is 0. The van der Waals surface area contributed by atoms with Crippen LogP contribution < -0.4 is 11.1 Å². The van der Waals surface area contributed by atoms with Gasteiger partial charge in [-0.05, 0) is 30.5 Å². The number of halogens is 1. The van der Waals surface area contributed by atoms with E-state index in [1.54, 1.807) is 6.07 Å². The second-order valence-electron chi connectivity index (χ2n) is 5.04. The van der Waals surface area contributed by atoms with Gasteiger partial charge in [-0.3, -0.25) is 4.79 Å². The van der Waals surface area contributed by atoms with Gasteiger partial charge in [0.2, 0.25) is 0 Å². The van der Waals surface area contributed by atoms with E-state index in [0.29, 0.717) is 12.1 Å². The van der Waals surface area contributed by atoms with Crippen LogP contribution in [0.4, 0.5) is 4.39 Å². The molecule has 1 saturated carbocycles. The Labute approximate surface area is 118 Å². The van der Waals surface area contributed by atoms with Crippen molar-refractivity contribution in [2.75, 3.05) is 13.1 Å². The average molecular weight is 274 g/mol. The maximum atomic E-state index is 13.7. The van der Waals surface area contributed by atoms with E-state index in [2.05, 4.69) is 17.2 Å². The third kappa shape index (κ3) is 3.82. The maximum Gasteiger partial charge on any atom is 0.254 e. The van der Waals surface area contributed by atoms with Crippen molar-refractivity contribution in [2.45, 2.75) is 25.7 Å². The first-order valence-electron chi connectivity index (χ1n) is 6.97. The number of benzene rings is 1. The minimum Gasteiger partial charge on any atom is -0.352 e. The number of carbonyl (C=O) groups is 1. The van der Waals surface area contributed by atoms with Gasteiger partial charge in [-0.2, -0.15) is 0 Å². The quantitative estimate of drug-likeness (QED) is 0.826. The lowest BCUT2D eigenvalue weighted by molar-refractivity contribution is 0.0945. The smallest absolute Gasteiger partial charge is 0.254 e. The zero-order valence-corrected chi connectivity index (χ0v) is 11.4. The largest absolute Gasteiger partial charge is 0.352 e. The molecule has 1 aromatic rings. The Hall–Kier alpha value is -1.86. The predicted molar refractivity (Wildman–Crippen MR) is 76.6 cm³/mol. The summed E-state index contributed by atoms with van der Waals surface area (Å²) in [5.41, 5.74) is 5.93. The lowest BCUT2D eigenvalue weighted by Gasteiger charge is -2.25. The van der Waals surface area contributed by atoms with Gasteiger partial charge in [-0.25, -0.2) is 4.39 Å². The van der Waals surface area contributed by atoms with Crippen molar-refractivity contribution in [3.8, 4) is 11.8 Å². The zero-order chi connectivity index (χ0) is 14.4. The number of nitrogens with two attached hydrogens (primary N) is 1. The maximum absolute atomic E-state index is 13.7. The van der Waals surface area contributed by atoms with Crippen molar-refractivity contribution >= 4 is 5.91 Å². The van der Waals surface area contributed by atoms with Crippen LogP contribution in [0.2, 0.25) is 0 Å². The summed E-state index contributed by atoms with van der Waals surface area (Å²) < 4.78 is 13.7. The second kappa shape index (κ2) is 7.06. The fourth-order valence-corrected chi connectivity index (χ4v) is 2.20. The Morgan fingerprint density at radius 2 is 2.25 bits per heavy atom. The Morgan fingerprint density at radius 1 is 1.45 bits per heavy atom. The second-order valence-corrected chi connectivity index (χ2v) is 5.04. The number of rotatable bonds is 4. The molecule has 0 unspecified atom stereocenters. The average Bonchev–Trinajstić information content (AvgIpc) is 2.40. The van der Waals surface area contributed by atoms with Gasteiger partial charge >= 0.3 is 0 Å². The Balaban J connectivity index is 1.96. The molecule has 0 saturated heterocycles. The van der Waals surface area contributed by atoms with Gasteiger partial charge in [0.15, 0.2) is 0 Å². The highest BCUT2D eigenvalue weighted by atomic mass is 19.1. The molecule has 0 heterocycles. The molecule has 20 heavy (non-hydrogen) atoms. The van der Waals surface area contributed by atoms with Crippen molar-refractivity contribution in [3.05, 3.63) is 35.1 Å². The van der Waals surface area contributed by atoms with Crippen molar-refractivity contribution in [1.29, 1.82) is 0 Å². The van der Waals surface area contributed by atoms with E-state index in [9.17, 15) is 9.18 Å². The molecule has 0 radical (unpaired) electrons. The van der Waals surface area contributed by atoms with Crippen LogP contribution in [-0.4, -0.2) is 19.0 Å². The molecule has 106 valence electrons. The summed E-state index contributed by atoms with van der Waals surface area (Å²) in [5, 5.41) is 2.77. The lowest BCUT2D eigenvalue weighted by Crippen LogP contribution is -2.28. The molecule has 1 aliphatic carbocycles. The number of hydrogen-bond donors (Lipinski definition) is 2. The third-order valence-corrected chi connectivity index (χ3v) is 3.61. The Morgan fingerprint density at radius 3 is 2.90 bits per heavy atom. The van der Waals surface area contributed by atoms with Crippen LogP contribution in [0.15, 0.2) is 18.2 Å². The number of amides is 1. The standard InChI is InChI=1S/C16H19FN2O/c17-15-7-6-13(5-2-9-18)11-14(15)16(20)19-10-8-12-3-1-4-12/h6-7,11-12H,1,3-4,8-10,18H2,(H,19,20). The monoisotopic (exact) mass is 274 g/mol. The van der Waals surface area contributed by atoms with E-state index in [-0.39, 0.29) is 18.0 Å². The summed E-state index contributed by atoms with van der Waals surface area (Å²) in [6.45, 7) is 0.835. The molecule has 4 heteroatoms. The molecule has 0 bridgehead atoms. The first-order chi connectivity index (χ1) is 9.70. The summed E-state index contributed by atoms with van der Waals surface area (Å²) in [4.78, 5) is 12.0. The number of carbonyl (C=O) groups excluding carboxylic acids is 1. The SMILES string of the molecule is NCC#Cc1ccc(F)c(C(=O)NCCC2CCC2)c1. The molecule has 1 amide bonds. The molecule has 0 atom stereocenters. The van der Waals surface area contributed by atoms with Gasteiger partial charge in [-0.1, -0.05) is 31.1 Å². The molecule has 3 N–H and O–H groups in total. The van der Waals surface area contributed by atoms with Gasteiger partial charge in [0.05, 0.1) is 12.1 Å². The van der Waals surface area contributed by atoms with Crippen LogP contribution in [0.5, 0.6) is 0 Å². The van der Waals surface area contributed by atoms with E-state index < -0.39 is 5.82 Å². The van der Waals surface area contributed by atoms with Gasteiger partial charge < -0.3 is 11.1 Å². The van der Waals surface area contributed by atoms with Crippen LogP contribution in [0.3, 0.4) is 0 Å². The van der Waals surface area contributed by atoms with Crippen LogP contribution in [-0.2, 0) is 0 Å². The van der Waals surface area contributed by atoms with Crippen LogP contribution in [0.1, 0.15) is 41.6 Å². The molecular weight excluding hydrogens is 255 g/mol. The summed E-state index contributed by atoms with van der Waals surface area (Å²) in [6, 6.07) is 4.28. The summed E-state index contributed by atoms with van der Waals surface area (Å²) >= 11 is 0. The van der Waals surface area contributed by atoms with Crippen molar-refractivity contribution in [3.63, 3.8) is 0 Å². The fraction of sp³-hybridized carbons (Fsp3) is 0.438. The summed E-state index contributed by atoms with van der Waals surface area (Å²) in [5.74, 6) is 5.31. The molecule has 1 aliphatic rings. The highest BCUT2D eigenvalue weighted by Crippen LogP contribution is 2.28. The topological polar surface area (TPSA) is 55.1 Å². The molecule has 0 spiro atoms. The number of hydrogen-bond acceptors (Lipinski definition) is 2. The Kier molecular flexibility index (Phi) is 5.14. The zero-order valence-electron chi connectivity index (χ0n) is 11.4. The van der Waals surface area contributed by atoms with Gasteiger partial charge in [-0.15, -0.1) is 0 Å².